The van der Waals surface area contributed by atoms with Crippen molar-refractivity contribution in [3.63, 3.8) is 0 Å². The molecule has 1 heterocycles. The molecule has 2 N–H and O–H groups in total. The molecule has 1 fully saturated rings. The van der Waals surface area contributed by atoms with E-state index in [-0.39, 0.29) is 25.7 Å². The van der Waals surface area contributed by atoms with Crippen LogP contribution in [0.1, 0.15) is 11.1 Å². The van der Waals surface area contributed by atoms with Crippen LogP contribution in [0.5, 0.6) is 5.75 Å². The van der Waals surface area contributed by atoms with Gasteiger partial charge < -0.3 is 19.9 Å². The summed E-state index contributed by atoms with van der Waals surface area (Å²) in [5.41, 5.74) is 2.24. The Morgan fingerprint density at radius 3 is 2.76 bits per heavy atom. The van der Waals surface area contributed by atoms with Crippen molar-refractivity contribution in [2.75, 3.05) is 19.8 Å². The second-order valence-electron chi connectivity index (χ2n) is 5.19. The summed E-state index contributed by atoms with van der Waals surface area (Å²) in [5.74, 6) is -1.40. The molecule has 2 atom stereocenters. The van der Waals surface area contributed by atoms with Crippen molar-refractivity contribution in [3.05, 3.63) is 29.3 Å². The number of aliphatic carboxylic acids is 1. The number of carbonyl (C=O) groups excluding carboxylic acids is 1. The standard InChI is InChI=1S/C15H19NO5/c1-9-3-4-11(5-10(9)2)21-8-14(17)16-13-7-20-6-12(13)15(18)19/h3-5,12-13H,6-8H2,1-2H3,(H,16,17)(H,18,19). The Hall–Kier alpha value is -2.08. The maximum Gasteiger partial charge on any atom is 0.311 e. The lowest BCUT2D eigenvalue weighted by Crippen LogP contribution is -2.44. The second kappa shape index (κ2) is 6.58. The molecule has 0 radical (unpaired) electrons. The zero-order chi connectivity index (χ0) is 15.4. The number of carboxylic acids is 1. The van der Waals surface area contributed by atoms with Crippen molar-refractivity contribution in [3.8, 4) is 5.75 Å². The molecule has 1 aromatic rings. The molecule has 0 bridgehead atoms. The average Bonchev–Trinajstić information content (AvgIpc) is 2.88. The molecule has 0 aromatic heterocycles. The van der Waals surface area contributed by atoms with Crippen molar-refractivity contribution in [2.24, 2.45) is 5.92 Å². The summed E-state index contributed by atoms with van der Waals surface area (Å²) < 4.78 is 10.5. The molecule has 2 rings (SSSR count). The van der Waals surface area contributed by atoms with Gasteiger partial charge in [0, 0.05) is 0 Å². The van der Waals surface area contributed by atoms with Crippen molar-refractivity contribution < 1.29 is 24.2 Å². The van der Waals surface area contributed by atoms with E-state index in [2.05, 4.69) is 5.32 Å². The van der Waals surface area contributed by atoms with Crippen LogP contribution in [0.15, 0.2) is 18.2 Å². The molecule has 1 aromatic carbocycles. The summed E-state index contributed by atoms with van der Waals surface area (Å²) in [7, 11) is 0. The predicted octanol–water partition coefficient (Wildman–Crippen LogP) is 0.898. The third kappa shape index (κ3) is 3.95. The van der Waals surface area contributed by atoms with Crippen LogP contribution < -0.4 is 10.1 Å². The largest absolute Gasteiger partial charge is 0.484 e. The van der Waals surface area contributed by atoms with Crippen LogP contribution in [-0.4, -0.2) is 42.8 Å². The number of hydrogen-bond acceptors (Lipinski definition) is 4. The highest BCUT2D eigenvalue weighted by Gasteiger charge is 2.35. The molecule has 1 amide bonds. The second-order valence-corrected chi connectivity index (χ2v) is 5.19. The van der Waals surface area contributed by atoms with E-state index < -0.39 is 17.9 Å². The SMILES string of the molecule is Cc1ccc(OCC(=O)NC2COCC2C(=O)O)cc1C. The summed E-state index contributed by atoms with van der Waals surface area (Å²) in [6.45, 7) is 4.16. The van der Waals surface area contributed by atoms with Crippen LogP contribution in [0, 0.1) is 19.8 Å². The van der Waals surface area contributed by atoms with Gasteiger partial charge in [-0.15, -0.1) is 0 Å². The fraction of sp³-hybridized carbons (Fsp3) is 0.467. The number of nitrogens with one attached hydrogen (secondary N) is 1. The summed E-state index contributed by atoms with van der Waals surface area (Å²) >= 11 is 0. The van der Waals surface area contributed by atoms with Gasteiger partial charge in [0.15, 0.2) is 6.61 Å². The fourth-order valence-corrected chi connectivity index (χ4v) is 2.14. The minimum atomic E-state index is -0.965. The van der Waals surface area contributed by atoms with Crippen LogP contribution in [0.4, 0.5) is 0 Å². The Kier molecular flexibility index (Phi) is 4.80. The van der Waals surface area contributed by atoms with Crippen molar-refractivity contribution in [1.29, 1.82) is 0 Å². The highest BCUT2D eigenvalue weighted by molar-refractivity contribution is 5.79. The number of carboxylic acid groups (broad SMARTS) is 1. The normalized spacial score (nSPS) is 21.0. The topological polar surface area (TPSA) is 84.9 Å². The highest BCUT2D eigenvalue weighted by Crippen LogP contribution is 2.17. The van der Waals surface area contributed by atoms with Gasteiger partial charge in [0.25, 0.3) is 5.91 Å². The molecule has 0 saturated carbocycles. The molecule has 21 heavy (non-hydrogen) atoms. The molecular weight excluding hydrogens is 274 g/mol. The highest BCUT2D eigenvalue weighted by atomic mass is 16.5. The van der Waals surface area contributed by atoms with Crippen molar-refractivity contribution in [1.82, 2.24) is 5.32 Å². The Bertz CT molecular complexity index is 543. The fourth-order valence-electron chi connectivity index (χ4n) is 2.14. The first-order valence-corrected chi connectivity index (χ1v) is 6.77. The zero-order valence-electron chi connectivity index (χ0n) is 12.1. The number of ether oxygens (including phenoxy) is 2. The van der Waals surface area contributed by atoms with Crippen LogP contribution in [0.25, 0.3) is 0 Å². The first kappa shape index (κ1) is 15.3. The quantitative estimate of drug-likeness (QED) is 0.842. The van der Waals surface area contributed by atoms with Gasteiger partial charge in [-0.05, 0) is 37.1 Å². The predicted molar refractivity (Wildman–Crippen MR) is 75.3 cm³/mol. The molecule has 1 aliphatic rings. The number of amides is 1. The summed E-state index contributed by atoms with van der Waals surface area (Å²) in [4.78, 5) is 22.8. The molecule has 1 saturated heterocycles. The maximum absolute atomic E-state index is 11.8. The van der Waals surface area contributed by atoms with Gasteiger partial charge in [-0.25, -0.2) is 0 Å². The monoisotopic (exact) mass is 293 g/mol. The van der Waals surface area contributed by atoms with Crippen LogP contribution in [0.3, 0.4) is 0 Å². The van der Waals surface area contributed by atoms with Crippen molar-refractivity contribution in [2.45, 2.75) is 19.9 Å². The van der Waals surface area contributed by atoms with Gasteiger partial charge in [-0.2, -0.15) is 0 Å². The molecule has 6 nitrogen and oxygen atoms in total. The molecule has 6 heteroatoms. The van der Waals surface area contributed by atoms with Crippen LogP contribution in [0.2, 0.25) is 0 Å². The summed E-state index contributed by atoms with van der Waals surface area (Å²) in [6.07, 6.45) is 0. The van der Waals surface area contributed by atoms with Crippen LogP contribution >= 0.6 is 0 Å². The van der Waals surface area contributed by atoms with Gasteiger partial charge in [-0.3, -0.25) is 9.59 Å². The molecule has 1 aliphatic heterocycles. The first-order valence-electron chi connectivity index (χ1n) is 6.77. The van der Waals surface area contributed by atoms with E-state index in [1.807, 2.05) is 26.0 Å². The maximum atomic E-state index is 11.8. The van der Waals surface area contributed by atoms with Gasteiger partial charge in [0.2, 0.25) is 0 Å². The minimum absolute atomic E-state index is 0.123. The average molecular weight is 293 g/mol. The zero-order valence-corrected chi connectivity index (χ0v) is 12.1. The molecule has 2 unspecified atom stereocenters. The number of carbonyl (C=O) groups is 2. The lowest BCUT2D eigenvalue weighted by Gasteiger charge is -2.16. The number of rotatable bonds is 5. The summed E-state index contributed by atoms with van der Waals surface area (Å²) in [6, 6.07) is 5.09. The number of aryl methyl sites for hydroxylation is 2. The van der Waals surface area contributed by atoms with E-state index in [1.54, 1.807) is 6.07 Å². The smallest absolute Gasteiger partial charge is 0.311 e. The van der Waals surface area contributed by atoms with E-state index >= 15 is 0 Å². The number of benzene rings is 1. The molecule has 114 valence electrons. The Morgan fingerprint density at radius 2 is 2.10 bits per heavy atom. The van der Waals surface area contributed by atoms with Crippen LogP contribution in [-0.2, 0) is 14.3 Å². The van der Waals surface area contributed by atoms with Gasteiger partial charge in [-0.1, -0.05) is 6.07 Å². The third-order valence-electron chi connectivity index (χ3n) is 3.59. The van der Waals surface area contributed by atoms with E-state index in [0.29, 0.717) is 5.75 Å². The van der Waals surface area contributed by atoms with Gasteiger partial charge in [0.05, 0.1) is 19.3 Å². The minimum Gasteiger partial charge on any atom is -0.484 e. The van der Waals surface area contributed by atoms with E-state index in [1.165, 1.54) is 0 Å². The lowest BCUT2D eigenvalue weighted by atomic mass is 10.0. The molecule has 0 aliphatic carbocycles. The van der Waals surface area contributed by atoms with E-state index in [0.717, 1.165) is 11.1 Å². The Labute approximate surface area is 123 Å². The Balaban J connectivity index is 1.84. The lowest BCUT2D eigenvalue weighted by molar-refractivity contribution is -0.142. The van der Waals surface area contributed by atoms with Crippen molar-refractivity contribution >= 4 is 11.9 Å². The first-order chi connectivity index (χ1) is 9.97. The summed E-state index contributed by atoms with van der Waals surface area (Å²) in [5, 5.41) is 11.6. The van der Waals surface area contributed by atoms with E-state index in [4.69, 9.17) is 14.6 Å². The molecular formula is C15H19NO5. The van der Waals surface area contributed by atoms with E-state index in [9.17, 15) is 9.59 Å². The Morgan fingerprint density at radius 1 is 1.33 bits per heavy atom. The third-order valence-corrected chi connectivity index (χ3v) is 3.59. The number of hydrogen-bond donors (Lipinski definition) is 2. The van der Waals surface area contributed by atoms with Gasteiger partial charge in [0.1, 0.15) is 11.7 Å². The molecule has 0 spiro atoms. The van der Waals surface area contributed by atoms with Gasteiger partial charge >= 0.3 is 5.97 Å².